The summed E-state index contributed by atoms with van der Waals surface area (Å²) in [6.45, 7) is 0. The number of hydrogen-bond donors (Lipinski definition) is 4. The van der Waals surface area contributed by atoms with Crippen LogP contribution in [-0.2, 0) is 14.4 Å². The van der Waals surface area contributed by atoms with Gasteiger partial charge in [0.2, 0.25) is 11.8 Å². The van der Waals surface area contributed by atoms with Crippen molar-refractivity contribution in [3.05, 3.63) is 96.1 Å². The quantitative estimate of drug-likeness (QED) is 0.271. The second-order valence-electron chi connectivity index (χ2n) is 7.65. The van der Waals surface area contributed by atoms with Gasteiger partial charge in [0.25, 0.3) is 0 Å². The molecule has 0 aliphatic carbocycles. The van der Waals surface area contributed by atoms with Crippen molar-refractivity contribution in [2.75, 3.05) is 4.90 Å². The van der Waals surface area contributed by atoms with E-state index in [2.05, 4.69) is 5.32 Å². The number of benzene rings is 3. The predicted octanol–water partition coefficient (Wildman–Crippen LogP) is 3.75. The molecule has 0 aliphatic rings. The Bertz CT molecular complexity index is 1150. The monoisotopic (exact) mass is 458 g/mol. The standard InChI is InChI=1S/C26H26N4O4/c27-26(28)19-11-13-21(14-12-19)30(20-9-5-2-6-10-20)24(32)16-15-23(31)29-22(17-25(33)34)18-7-3-1-4-8-18/h1-14,22H,15-17H2,(H3,27,28)(H,29,31)(H,33,34). The molecule has 1 atom stereocenters. The highest BCUT2D eigenvalue weighted by Gasteiger charge is 2.22. The number of carboxylic acid groups (broad SMARTS) is 1. The van der Waals surface area contributed by atoms with Gasteiger partial charge in [0.05, 0.1) is 12.5 Å². The van der Waals surface area contributed by atoms with Crippen molar-refractivity contribution in [3.63, 3.8) is 0 Å². The van der Waals surface area contributed by atoms with Gasteiger partial charge in [-0.25, -0.2) is 0 Å². The summed E-state index contributed by atoms with van der Waals surface area (Å²) in [6, 6.07) is 23.9. The van der Waals surface area contributed by atoms with Crippen molar-refractivity contribution in [2.45, 2.75) is 25.3 Å². The predicted molar refractivity (Wildman–Crippen MR) is 130 cm³/mol. The van der Waals surface area contributed by atoms with Crippen LogP contribution in [0.4, 0.5) is 11.4 Å². The van der Waals surface area contributed by atoms with Gasteiger partial charge in [0, 0.05) is 29.8 Å². The number of carboxylic acids is 1. The molecule has 0 bridgehead atoms. The second-order valence-corrected chi connectivity index (χ2v) is 7.65. The van der Waals surface area contributed by atoms with Crippen LogP contribution in [0.25, 0.3) is 0 Å². The van der Waals surface area contributed by atoms with Gasteiger partial charge in [-0.05, 0) is 42.0 Å². The summed E-state index contributed by atoms with van der Waals surface area (Å²) in [4.78, 5) is 38.6. The molecule has 0 spiro atoms. The highest BCUT2D eigenvalue weighted by molar-refractivity contribution is 6.02. The Hall–Kier alpha value is -4.46. The van der Waals surface area contributed by atoms with Gasteiger partial charge < -0.3 is 16.2 Å². The topological polar surface area (TPSA) is 137 Å². The number of nitrogens with zero attached hydrogens (tertiary/aromatic N) is 1. The fraction of sp³-hybridized carbons (Fsp3) is 0.154. The molecule has 0 heterocycles. The van der Waals surface area contributed by atoms with E-state index in [0.29, 0.717) is 22.5 Å². The first kappa shape index (κ1) is 24.2. The number of nitrogen functional groups attached to an aromatic ring is 1. The molecule has 3 aromatic rings. The minimum atomic E-state index is -1.03. The molecule has 5 N–H and O–H groups in total. The lowest BCUT2D eigenvalue weighted by Gasteiger charge is -2.24. The van der Waals surface area contributed by atoms with Gasteiger partial charge >= 0.3 is 5.97 Å². The zero-order chi connectivity index (χ0) is 24.5. The number of hydrogen-bond acceptors (Lipinski definition) is 4. The van der Waals surface area contributed by atoms with Crippen LogP contribution >= 0.6 is 0 Å². The molecule has 0 radical (unpaired) electrons. The van der Waals surface area contributed by atoms with Gasteiger partial charge in [-0.1, -0.05) is 48.5 Å². The number of carbonyl (C=O) groups excluding carboxylic acids is 2. The van der Waals surface area contributed by atoms with Crippen LogP contribution in [0.2, 0.25) is 0 Å². The van der Waals surface area contributed by atoms with Crippen LogP contribution in [0.5, 0.6) is 0 Å². The molecule has 174 valence electrons. The molecule has 0 fully saturated rings. The first-order valence-corrected chi connectivity index (χ1v) is 10.7. The largest absolute Gasteiger partial charge is 0.481 e. The number of anilines is 2. The van der Waals surface area contributed by atoms with Crippen LogP contribution in [0.3, 0.4) is 0 Å². The summed E-state index contributed by atoms with van der Waals surface area (Å²) >= 11 is 0. The zero-order valence-corrected chi connectivity index (χ0v) is 18.5. The maximum Gasteiger partial charge on any atom is 0.305 e. The van der Waals surface area contributed by atoms with Gasteiger partial charge in [-0.2, -0.15) is 0 Å². The Kier molecular flexibility index (Phi) is 8.12. The molecule has 8 nitrogen and oxygen atoms in total. The molecule has 0 saturated heterocycles. The summed E-state index contributed by atoms with van der Waals surface area (Å²) < 4.78 is 0. The second kappa shape index (κ2) is 11.4. The van der Waals surface area contributed by atoms with Crippen LogP contribution < -0.4 is 16.0 Å². The van der Waals surface area contributed by atoms with Crippen molar-refractivity contribution in [1.29, 1.82) is 5.41 Å². The lowest BCUT2D eigenvalue weighted by atomic mass is 10.0. The third kappa shape index (κ3) is 6.52. The van der Waals surface area contributed by atoms with Crippen molar-refractivity contribution in [3.8, 4) is 0 Å². The Labute approximate surface area is 197 Å². The highest BCUT2D eigenvalue weighted by atomic mass is 16.4. The van der Waals surface area contributed by atoms with E-state index in [1.807, 2.05) is 24.3 Å². The summed E-state index contributed by atoms with van der Waals surface area (Å²) in [7, 11) is 0. The third-order valence-electron chi connectivity index (χ3n) is 5.18. The smallest absolute Gasteiger partial charge is 0.305 e. The molecule has 3 rings (SSSR count). The molecular formula is C26H26N4O4. The van der Waals surface area contributed by atoms with E-state index in [-0.39, 0.29) is 31.0 Å². The Balaban J connectivity index is 1.73. The highest BCUT2D eigenvalue weighted by Crippen LogP contribution is 2.27. The van der Waals surface area contributed by atoms with E-state index < -0.39 is 17.9 Å². The Morgan fingerprint density at radius 3 is 1.97 bits per heavy atom. The normalized spacial score (nSPS) is 11.3. The molecule has 1 unspecified atom stereocenters. The molecule has 8 heteroatoms. The van der Waals surface area contributed by atoms with Crippen molar-refractivity contribution < 1.29 is 19.5 Å². The number of amidine groups is 1. The summed E-state index contributed by atoms with van der Waals surface area (Å²) in [5.74, 6) is -1.82. The fourth-order valence-corrected chi connectivity index (χ4v) is 3.52. The molecule has 3 aromatic carbocycles. The first-order chi connectivity index (χ1) is 16.3. The van der Waals surface area contributed by atoms with E-state index in [1.54, 1.807) is 60.7 Å². The lowest BCUT2D eigenvalue weighted by molar-refractivity contribution is -0.138. The van der Waals surface area contributed by atoms with Gasteiger partial charge in [-0.15, -0.1) is 0 Å². The van der Waals surface area contributed by atoms with Crippen LogP contribution in [-0.4, -0.2) is 28.7 Å². The maximum atomic E-state index is 13.2. The molecule has 2 amide bonds. The van der Waals surface area contributed by atoms with Gasteiger partial charge in [0.1, 0.15) is 5.84 Å². The summed E-state index contributed by atoms with van der Waals surface area (Å²) in [5.41, 5.74) is 7.96. The van der Waals surface area contributed by atoms with Gasteiger partial charge in [0.15, 0.2) is 0 Å². The number of carbonyl (C=O) groups is 3. The van der Waals surface area contributed by atoms with Gasteiger partial charge in [-0.3, -0.25) is 24.7 Å². The first-order valence-electron chi connectivity index (χ1n) is 10.7. The molecule has 0 aromatic heterocycles. The third-order valence-corrected chi connectivity index (χ3v) is 5.18. The number of rotatable bonds is 10. The number of aliphatic carboxylic acids is 1. The number of para-hydroxylation sites is 1. The van der Waals surface area contributed by atoms with Crippen molar-refractivity contribution in [1.82, 2.24) is 5.32 Å². The van der Waals surface area contributed by atoms with Crippen molar-refractivity contribution >= 4 is 35.0 Å². The lowest BCUT2D eigenvalue weighted by Crippen LogP contribution is -2.32. The molecular weight excluding hydrogens is 432 g/mol. The van der Waals surface area contributed by atoms with E-state index >= 15 is 0 Å². The number of amides is 2. The van der Waals surface area contributed by atoms with E-state index in [9.17, 15) is 19.5 Å². The molecule has 0 saturated carbocycles. The fourth-order valence-electron chi connectivity index (χ4n) is 3.52. The maximum absolute atomic E-state index is 13.2. The zero-order valence-electron chi connectivity index (χ0n) is 18.5. The summed E-state index contributed by atoms with van der Waals surface area (Å²) in [6.07, 6.45) is -0.442. The van der Waals surface area contributed by atoms with Crippen LogP contribution in [0.15, 0.2) is 84.9 Å². The average Bonchev–Trinajstić information content (AvgIpc) is 2.84. The van der Waals surface area contributed by atoms with Crippen LogP contribution in [0.1, 0.15) is 36.4 Å². The molecule has 34 heavy (non-hydrogen) atoms. The minimum Gasteiger partial charge on any atom is -0.481 e. The average molecular weight is 459 g/mol. The van der Waals surface area contributed by atoms with E-state index in [0.717, 1.165) is 0 Å². The molecule has 0 aliphatic heterocycles. The minimum absolute atomic E-state index is 0.0739. The summed E-state index contributed by atoms with van der Waals surface area (Å²) in [5, 5.41) is 19.5. The van der Waals surface area contributed by atoms with E-state index in [1.165, 1.54) is 4.90 Å². The SMILES string of the molecule is N=C(N)c1ccc(N(C(=O)CCC(=O)NC(CC(=O)O)c2ccccc2)c2ccccc2)cc1. The number of nitrogens with two attached hydrogens (primary N) is 1. The Morgan fingerprint density at radius 1 is 0.853 bits per heavy atom. The number of nitrogens with one attached hydrogen (secondary N) is 2. The van der Waals surface area contributed by atoms with Crippen molar-refractivity contribution in [2.24, 2.45) is 5.73 Å². The van der Waals surface area contributed by atoms with E-state index in [4.69, 9.17) is 11.1 Å². The van der Waals surface area contributed by atoms with Crippen LogP contribution in [0, 0.1) is 5.41 Å². The Morgan fingerprint density at radius 2 is 1.41 bits per heavy atom.